The van der Waals surface area contributed by atoms with Crippen molar-refractivity contribution in [2.75, 3.05) is 33.3 Å². The van der Waals surface area contributed by atoms with Gasteiger partial charge < -0.3 is 18.9 Å². The molecule has 0 aliphatic heterocycles. The molecule has 0 radical (unpaired) electrons. The number of hydrogen-bond donors (Lipinski definition) is 2. The summed E-state index contributed by atoms with van der Waals surface area (Å²) in [6.07, 6.45) is -1.75. The van der Waals surface area contributed by atoms with Crippen LogP contribution in [0.5, 0.6) is 11.8 Å². The van der Waals surface area contributed by atoms with E-state index in [2.05, 4.69) is 25.0 Å². The minimum atomic E-state index is -4.42. The molecule has 2 aromatic rings. The lowest BCUT2D eigenvalue weighted by Gasteiger charge is -2.16. The average molecular weight is 501 g/mol. The number of nitrogens with one attached hydrogen (secondary N) is 2. The number of urea groups is 1. The zero-order valence-corrected chi connectivity index (χ0v) is 19.6. The lowest BCUT2D eigenvalue weighted by molar-refractivity contribution is -0.156. The Morgan fingerprint density at radius 2 is 1.79 bits per heavy atom. The van der Waals surface area contributed by atoms with Crippen molar-refractivity contribution in [2.24, 2.45) is 0 Å². The third-order valence-corrected chi connectivity index (χ3v) is 5.46. The smallest absolute Gasteiger partial charge is 0.343 e. The van der Waals surface area contributed by atoms with Gasteiger partial charge in [0.2, 0.25) is 23.9 Å². The molecular formula is C19H24FN5O8S. The quantitative estimate of drug-likeness (QED) is 0.419. The second-order valence-electron chi connectivity index (χ2n) is 6.66. The SMILES string of the molecule is COCC(F)C(=O)OC(C)Cc1ncccc1S(=O)(=O)NC(=O)Nc1nc(OC)cc(OC)n1. The Balaban J connectivity index is 2.13. The van der Waals surface area contributed by atoms with E-state index >= 15 is 0 Å². The number of rotatable bonds is 11. The van der Waals surface area contributed by atoms with Crippen molar-refractivity contribution >= 4 is 28.0 Å². The fraction of sp³-hybridized carbons (Fsp3) is 0.421. The van der Waals surface area contributed by atoms with Gasteiger partial charge in [-0.1, -0.05) is 0 Å². The number of hydrogen-bond acceptors (Lipinski definition) is 11. The van der Waals surface area contributed by atoms with E-state index in [1.165, 1.54) is 52.6 Å². The maximum atomic E-state index is 13.6. The summed E-state index contributed by atoms with van der Waals surface area (Å²) >= 11 is 0. The molecule has 2 heterocycles. The predicted molar refractivity (Wildman–Crippen MR) is 115 cm³/mol. The van der Waals surface area contributed by atoms with Crippen molar-refractivity contribution < 1.29 is 41.3 Å². The molecule has 0 aliphatic carbocycles. The van der Waals surface area contributed by atoms with E-state index < -0.39 is 40.9 Å². The number of halogens is 1. The number of aromatic nitrogens is 3. The Labute approximate surface area is 195 Å². The van der Waals surface area contributed by atoms with Crippen LogP contribution in [0, 0.1) is 0 Å². The normalized spacial score (nSPS) is 12.9. The van der Waals surface area contributed by atoms with Crippen LogP contribution in [0.15, 0.2) is 29.3 Å². The summed E-state index contributed by atoms with van der Waals surface area (Å²) in [7, 11) is -0.513. The third-order valence-electron chi connectivity index (χ3n) is 4.05. The van der Waals surface area contributed by atoms with E-state index in [1.807, 2.05) is 4.72 Å². The fourth-order valence-corrected chi connectivity index (χ4v) is 3.70. The molecule has 0 aliphatic rings. The molecule has 2 atom stereocenters. The van der Waals surface area contributed by atoms with Crippen LogP contribution in [0.4, 0.5) is 15.1 Å². The largest absolute Gasteiger partial charge is 0.481 e. The first-order valence-corrected chi connectivity index (χ1v) is 11.2. The number of carbonyl (C=O) groups is 2. The Morgan fingerprint density at radius 3 is 2.38 bits per heavy atom. The highest BCUT2D eigenvalue weighted by atomic mass is 32.2. The highest BCUT2D eigenvalue weighted by Crippen LogP contribution is 2.19. The molecule has 2 rings (SSSR count). The molecule has 2 unspecified atom stereocenters. The molecule has 0 spiro atoms. The van der Waals surface area contributed by atoms with E-state index in [0.29, 0.717) is 0 Å². The molecule has 2 aromatic heterocycles. The predicted octanol–water partition coefficient (Wildman–Crippen LogP) is 0.858. The summed E-state index contributed by atoms with van der Waals surface area (Å²) < 4.78 is 60.5. The highest BCUT2D eigenvalue weighted by Gasteiger charge is 2.26. The molecule has 0 aromatic carbocycles. The number of esters is 1. The van der Waals surface area contributed by atoms with E-state index in [1.54, 1.807) is 0 Å². The van der Waals surface area contributed by atoms with E-state index in [4.69, 9.17) is 14.2 Å². The lowest BCUT2D eigenvalue weighted by atomic mass is 10.2. The van der Waals surface area contributed by atoms with Crippen LogP contribution in [-0.4, -0.2) is 75.6 Å². The van der Waals surface area contributed by atoms with Gasteiger partial charge in [-0.05, 0) is 19.1 Å². The molecule has 186 valence electrons. The number of nitrogens with zero attached hydrogens (tertiary/aromatic N) is 3. The third kappa shape index (κ3) is 7.48. The van der Waals surface area contributed by atoms with Gasteiger partial charge in [-0.2, -0.15) is 9.97 Å². The number of carbonyl (C=O) groups excluding carboxylic acids is 2. The van der Waals surface area contributed by atoms with Crippen molar-refractivity contribution in [3.63, 3.8) is 0 Å². The fourth-order valence-electron chi connectivity index (χ4n) is 2.59. The monoisotopic (exact) mass is 501 g/mol. The van der Waals surface area contributed by atoms with E-state index in [9.17, 15) is 22.4 Å². The van der Waals surface area contributed by atoms with E-state index in [-0.39, 0.29) is 34.7 Å². The van der Waals surface area contributed by atoms with Gasteiger partial charge in [-0.15, -0.1) is 0 Å². The summed E-state index contributed by atoms with van der Waals surface area (Å²) in [5, 5.41) is 2.17. The summed E-state index contributed by atoms with van der Waals surface area (Å²) in [5.41, 5.74) is -0.00968. The van der Waals surface area contributed by atoms with Gasteiger partial charge in [0.05, 0.1) is 32.6 Å². The van der Waals surface area contributed by atoms with Crippen molar-refractivity contribution in [3.8, 4) is 11.8 Å². The van der Waals surface area contributed by atoms with Gasteiger partial charge in [0.15, 0.2) is 0 Å². The number of alkyl halides is 1. The molecule has 13 nitrogen and oxygen atoms in total. The second-order valence-corrected chi connectivity index (χ2v) is 8.31. The Morgan fingerprint density at radius 1 is 1.15 bits per heavy atom. The lowest BCUT2D eigenvalue weighted by Crippen LogP contribution is -2.36. The molecule has 0 saturated heterocycles. The topological polar surface area (TPSA) is 168 Å². The standard InChI is InChI=1S/C19H24FN5O8S/c1-11(33-17(26)12(20)10-30-2)8-13-14(6-5-7-21-13)34(28,29)25-19(27)24-18-22-15(31-3)9-16(23-18)32-4/h5-7,9,11-12H,8,10H2,1-4H3,(H2,22,23,24,25,27). The summed E-state index contributed by atoms with van der Waals surface area (Å²) in [4.78, 5) is 35.4. The van der Waals surface area contributed by atoms with Crippen molar-refractivity contribution in [1.82, 2.24) is 19.7 Å². The van der Waals surface area contributed by atoms with Gasteiger partial charge in [0.25, 0.3) is 10.0 Å². The first kappa shape index (κ1) is 26.7. The summed E-state index contributed by atoms with van der Waals surface area (Å²) in [6, 6.07) is 2.75. The first-order valence-electron chi connectivity index (χ1n) is 9.67. The summed E-state index contributed by atoms with van der Waals surface area (Å²) in [5.74, 6) is -1.28. The maximum absolute atomic E-state index is 13.6. The van der Waals surface area contributed by atoms with Gasteiger partial charge in [0, 0.05) is 19.7 Å². The molecule has 0 saturated carbocycles. The molecule has 34 heavy (non-hydrogen) atoms. The zero-order valence-electron chi connectivity index (χ0n) is 18.8. The first-order chi connectivity index (χ1) is 16.1. The van der Waals surface area contributed by atoms with Gasteiger partial charge in [-0.25, -0.2) is 27.1 Å². The molecule has 0 fully saturated rings. The van der Waals surface area contributed by atoms with Crippen LogP contribution >= 0.6 is 0 Å². The maximum Gasteiger partial charge on any atom is 0.343 e. The van der Waals surface area contributed by atoms with Crippen LogP contribution in [-0.2, 0) is 30.7 Å². The number of pyridine rings is 1. The van der Waals surface area contributed by atoms with Gasteiger partial charge in [0.1, 0.15) is 11.0 Å². The molecule has 0 bridgehead atoms. The number of methoxy groups -OCH3 is 3. The zero-order chi connectivity index (χ0) is 25.3. The van der Waals surface area contributed by atoms with Crippen LogP contribution in [0.1, 0.15) is 12.6 Å². The van der Waals surface area contributed by atoms with Crippen LogP contribution in [0.2, 0.25) is 0 Å². The number of ether oxygens (including phenoxy) is 4. The Kier molecular flexibility index (Phi) is 9.44. The Bertz CT molecular complexity index is 1100. The number of anilines is 1. The van der Waals surface area contributed by atoms with Gasteiger partial charge in [-0.3, -0.25) is 10.3 Å². The van der Waals surface area contributed by atoms with Gasteiger partial charge >= 0.3 is 12.0 Å². The molecule has 2 amide bonds. The highest BCUT2D eigenvalue weighted by molar-refractivity contribution is 7.90. The number of amides is 2. The van der Waals surface area contributed by atoms with Crippen molar-refractivity contribution in [2.45, 2.75) is 30.5 Å². The average Bonchev–Trinajstić information content (AvgIpc) is 2.78. The Hall–Kier alpha value is -3.59. The number of sulfonamides is 1. The summed E-state index contributed by atoms with van der Waals surface area (Å²) in [6.45, 7) is 0.965. The molecule has 2 N–H and O–H groups in total. The van der Waals surface area contributed by atoms with E-state index in [0.717, 1.165) is 0 Å². The van der Waals surface area contributed by atoms with Crippen LogP contribution < -0.4 is 19.5 Å². The van der Waals surface area contributed by atoms with Crippen molar-refractivity contribution in [3.05, 3.63) is 30.1 Å². The molecular weight excluding hydrogens is 477 g/mol. The minimum absolute atomic E-state index is 0.00968. The van der Waals surface area contributed by atoms with Crippen LogP contribution in [0.25, 0.3) is 0 Å². The van der Waals surface area contributed by atoms with Crippen molar-refractivity contribution in [1.29, 1.82) is 0 Å². The van der Waals surface area contributed by atoms with Crippen LogP contribution in [0.3, 0.4) is 0 Å². The minimum Gasteiger partial charge on any atom is -0.481 e. The second kappa shape index (κ2) is 12.0. The molecule has 15 heteroatoms.